The summed E-state index contributed by atoms with van der Waals surface area (Å²) in [5, 5.41) is 4.41. The lowest BCUT2D eigenvalue weighted by Crippen LogP contribution is -2.46. The molecule has 1 aliphatic rings. The molecule has 1 aromatic carbocycles. The molecule has 0 aliphatic carbocycles. The second-order valence-electron chi connectivity index (χ2n) is 6.35. The van der Waals surface area contributed by atoms with Crippen LogP contribution in [0.1, 0.15) is 44.2 Å². The standard InChI is InChI=1S/C19H18N2O5S/c1-11(2)15(20-16(22)14-8-5-9-27-14)19(25)26-10-21-17(23)12-6-3-4-7-13(12)18(21)24/h3-9,11,15H,10H2,1-2H3,(H,20,22)/t15-/m0/s1. The number of carbonyl (C=O) groups excluding carboxylic acids is 4. The maximum Gasteiger partial charge on any atom is 0.330 e. The third-order valence-corrected chi connectivity index (χ3v) is 5.03. The Bertz CT molecular complexity index is 856. The van der Waals surface area contributed by atoms with Crippen molar-refractivity contribution >= 4 is 35.0 Å². The number of benzene rings is 1. The van der Waals surface area contributed by atoms with E-state index in [4.69, 9.17) is 4.74 Å². The number of hydrogen-bond donors (Lipinski definition) is 1. The molecular formula is C19H18N2O5S. The number of rotatable bonds is 6. The molecule has 1 aliphatic heterocycles. The van der Waals surface area contributed by atoms with Crippen molar-refractivity contribution in [1.82, 2.24) is 10.2 Å². The summed E-state index contributed by atoms with van der Waals surface area (Å²) in [6.45, 7) is 3.04. The topological polar surface area (TPSA) is 92.8 Å². The van der Waals surface area contributed by atoms with E-state index in [1.165, 1.54) is 11.3 Å². The van der Waals surface area contributed by atoms with Gasteiger partial charge >= 0.3 is 5.97 Å². The first-order chi connectivity index (χ1) is 12.9. The van der Waals surface area contributed by atoms with Crippen molar-refractivity contribution in [3.63, 3.8) is 0 Å². The highest BCUT2D eigenvalue weighted by molar-refractivity contribution is 7.12. The molecule has 140 valence electrons. The molecule has 2 aromatic rings. The lowest BCUT2D eigenvalue weighted by molar-refractivity contribution is -0.149. The van der Waals surface area contributed by atoms with Gasteiger partial charge in [0.05, 0.1) is 16.0 Å². The highest BCUT2D eigenvalue weighted by Crippen LogP contribution is 2.22. The number of carbonyl (C=O) groups is 4. The minimum Gasteiger partial charge on any atom is -0.442 e. The monoisotopic (exact) mass is 386 g/mol. The third-order valence-electron chi connectivity index (χ3n) is 4.17. The van der Waals surface area contributed by atoms with Crippen LogP contribution in [-0.4, -0.2) is 41.4 Å². The fraction of sp³-hybridized carbons (Fsp3) is 0.263. The molecular weight excluding hydrogens is 368 g/mol. The number of hydrogen-bond acceptors (Lipinski definition) is 6. The summed E-state index contributed by atoms with van der Waals surface area (Å²) >= 11 is 1.26. The van der Waals surface area contributed by atoms with E-state index in [1.807, 2.05) is 0 Å². The molecule has 0 saturated carbocycles. The van der Waals surface area contributed by atoms with Gasteiger partial charge in [0.15, 0.2) is 6.73 Å². The number of nitrogens with zero attached hydrogens (tertiary/aromatic N) is 1. The highest BCUT2D eigenvalue weighted by atomic mass is 32.1. The molecule has 3 amide bonds. The summed E-state index contributed by atoms with van der Waals surface area (Å²) in [7, 11) is 0. The van der Waals surface area contributed by atoms with Gasteiger partial charge in [-0.3, -0.25) is 14.4 Å². The largest absolute Gasteiger partial charge is 0.442 e. The van der Waals surface area contributed by atoms with Crippen LogP contribution in [0.3, 0.4) is 0 Å². The molecule has 27 heavy (non-hydrogen) atoms. The van der Waals surface area contributed by atoms with Gasteiger partial charge in [0.2, 0.25) is 0 Å². The molecule has 0 spiro atoms. The number of nitrogens with one attached hydrogen (secondary N) is 1. The lowest BCUT2D eigenvalue weighted by Gasteiger charge is -2.22. The molecule has 0 bridgehead atoms. The minimum absolute atomic E-state index is 0.233. The molecule has 3 rings (SSSR count). The number of fused-ring (bicyclic) bond motifs is 1. The summed E-state index contributed by atoms with van der Waals surface area (Å²) in [4.78, 5) is 50.6. The lowest BCUT2D eigenvalue weighted by atomic mass is 10.0. The number of imide groups is 1. The van der Waals surface area contributed by atoms with Gasteiger partial charge in [-0.25, -0.2) is 9.69 Å². The molecule has 2 heterocycles. The minimum atomic E-state index is -0.894. The summed E-state index contributed by atoms with van der Waals surface area (Å²) < 4.78 is 5.17. The fourth-order valence-corrected chi connectivity index (χ4v) is 3.32. The molecule has 0 unspecified atom stereocenters. The van der Waals surface area contributed by atoms with E-state index >= 15 is 0 Å². The number of thiophene rings is 1. The van der Waals surface area contributed by atoms with Gasteiger partial charge in [-0.05, 0) is 29.5 Å². The Labute approximate surface area is 159 Å². The SMILES string of the molecule is CC(C)[C@H](NC(=O)c1cccs1)C(=O)OCN1C(=O)c2ccccc2C1=O. The van der Waals surface area contributed by atoms with Crippen LogP contribution in [0.5, 0.6) is 0 Å². The number of esters is 1. The average molecular weight is 386 g/mol. The van der Waals surface area contributed by atoms with E-state index < -0.39 is 30.6 Å². The quantitative estimate of drug-likeness (QED) is 0.607. The van der Waals surface area contributed by atoms with Crippen molar-refractivity contribution < 1.29 is 23.9 Å². The molecule has 8 heteroatoms. The van der Waals surface area contributed by atoms with Crippen LogP contribution >= 0.6 is 11.3 Å². The zero-order chi connectivity index (χ0) is 19.6. The molecule has 1 aromatic heterocycles. The van der Waals surface area contributed by atoms with Crippen molar-refractivity contribution in [2.75, 3.05) is 6.73 Å². The Balaban J connectivity index is 1.64. The van der Waals surface area contributed by atoms with Crippen molar-refractivity contribution in [3.05, 3.63) is 57.8 Å². The van der Waals surface area contributed by atoms with E-state index in [0.717, 1.165) is 4.90 Å². The van der Waals surface area contributed by atoms with Crippen molar-refractivity contribution in [1.29, 1.82) is 0 Å². The van der Waals surface area contributed by atoms with Crippen LogP contribution in [-0.2, 0) is 9.53 Å². The summed E-state index contributed by atoms with van der Waals surface area (Å²) in [6, 6.07) is 8.93. The predicted molar refractivity (Wildman–Crippen MR) is 98.3 cm³/mol. The molecule has 0 radical (unpaired) electrons. The number of amides is 3. The zero-order valence-electron chi connectivity index (χ0n) is 14.8. The van der Waals surface area contributed by atoms with Crippen LogP contribution in [0.4, 0.5) is 0 Å². The summed E-state index contributed by atoms with van der Waals surface area (Å²) in [5.41, 5.74) is 0.565. The fourth-order valence-electron chi connectivity index (χ4n) is 2.69. The van der Waals surface area contributed by atoms with Crippen LogP contribution in [0.15, 0.2) is 41.8 Å². The average Bonchev–Trinajstić information content (AvgIpc) is 3.26. The van der Waals surface area contributed by atoms with Crippen molar-refractivity contribution in [2.24, 2.45) is 5.92 Å². The molecule has 1 atom stereocenters. The van der Waals surface area contributed by atoms with Gasteiger partial charge in [0.25, 0.3) is 17.7 Å². The summed E-state index contributed by atoms with van der Waals surface area (Å²) in [5.74, 6) is -2.32. The molecule has 0 fully saturated rings. The van der Waals surface area contributed by atoms with Crippen molar-refractivity contribution in [3.8, 4) is 0 Å². The zero-order valence-corrected chi connectivity index (χ0v) is 15.6. The normalized spacial score (nSPS) is 14.3. The Hall–Kier alpha value is -3.00. The Morgan fingerprint density at radius 3 is 2.22 bits per heavy atom. The maximum atomic E-state index is 12.4. The molecule has 7 nitrogen and oxygen atoms in total. The first kappa shape index (κ1) is 18.8. The second-order valence-corrected chi connectivity index (χ2v) is 7.30. The summed E-state index contributed by atoms with van der Waals surface area (Å²) in [6.07, 6.45) is 0. The van der Waals surface area contributed by atoms with Crippen LogP contribution in [0, 0.1) is 5.92 Å². The predicted octanol–water partition coefficient (Wildman–Crippen LogP) is 2.30. The maximum absolute atomic E-state index is 12.4. The second kappa shape index (κ2) is 7.71. The Morgan fingerprint density at radius 1 is 1.07 bits per heavy atom. The Morgan fingerprint density at radius 2 is 1.70 bits per heavy atom. The van der Waals surface area contributed by atoms with Gasteiger partial charge in [0, 0.05) is 0 Å². The van der Waals surface area contributed by atoms with E-state index in [9.17, 15) is 19.2 Å². The first-order valence-corrected chi connectivity index (χ1v) is 9.24. The van der Waals surface area contributed by atoms with Crippen molar-refractivity contribution in [2.45, 2.75) is 19.9 Å². The van der Waals surface area contributed by atoms with E-state index in [2.05, 4.69) is 5.32 Å². The Kier molecular flexibility index (Phi) is 5.36. The smallest absolute Gasteiger partial charge is 0.330 e. The van der Waals surface area contributed by atoms with Gasteiger partial charge < -0.3 is 10.1 Å². The third kappa shape index (κ3) is 3.75. The van der Waals surface area contributed by atoms with Gasteiger partial charge in [0.1, 0.15) is 6.04 Å². The van der Waals surface area contributed by atoms with Crippen LogP contribution in [0.25, 0.3) is 0 Å². The molecule has 0 saturated heterocycles. The molecule has 1 N–H and O–H groups in total. The van der Waals surface area contributed by atoms with E-state index in [0.29, 0.717) is 4.88 Å². The highest BCUT2D eigenvalue weighted by Gasteiger charge is 2.36. The van der Waals surface area contributed by atoms with Gasteiger partial charge in [-0.2, -0.15) is 0 Å². The van der Waals surface area contributed by atoms with E-state index in [1.54, 1.807) is 55.6 Å². The first-order valence-electron chi connectivity index (χ1n) is 8.36. The van der Waals surface area contributed by atoms with E-state index in [-0.39, 0.29) is 23.0 Å². The van der Waals surface area contributed by atoms with Gasteiger partial charge in [-0.15, -0.1) is 11.3 Å². The van der Waals surface area contributed by atoms with Crippen LogP contribution in [0.2, 0.25) is 0 Å². The number of ether oxygens (including phenoxy) is 1. The van der Waals surface area contributed by atoms with Gasteiger partial charge in [-0.1, -0.05) is 32.0 Å². The van der Waals surface area contributed by atoms with Crippen LogP contribution < -0.4 is 5.32 Å².